The molecule has 72 valence electrons. The van der Waals surface area contributed by atoms with Gasteiger partial charge in [-0.2, -0.15) is 0 Å². The molecule has 0 spiro atoms. The van der Waals surface area contributed by atoms with Crippen molar-refractivity contribution in [3.05, 3.63) is 35.5 Å². The summed E-state index contributed by atoms with van der Waals surface area (Å²) in [6, 6.07) is 6.64. The number of fused-ring (bicyclic) bond motifs is 3. The molecule has 1 aliphatic heterocycles. The first-order valence-electron chi connectivity index (χ1n) is 5.24. The van der Waals surface area contributed by atoms with Gasteiger partial charge in [-0.1, -0.05) is 12.1 Å². The zero-order chi connectivity index (χ0) is 9.38. The van der Waals surface area contributed by atoms with Gasteiger partial charge in [-0.05, 0) is 48.5 Å². The largest absolute Gasteiger partial charge is 0.361 e. The van der Waals surface area contributed by atoms with Crippen LogP contribution >= 0.6 is 0 Å². The van der Waals surface area contributed by atoms with Crippen LogP contribution < -0.4 is 5.32 Å². The van der Waals surface area contributed by atoms with E-state index >= 15 is 0 Å². The van der Waals surface area contributed by atoms with Crippen LogP contribution in [0.25, 0.3) is 10.9 Å². The van der Waals surface area contributed by atoms with E-state index in [0.29, 0.717) is 0 Å². The Morgan fingerprint density at radius 1 is 1.00 bits per heavy atom. The molecular formula is C12H14N2. The smallest absolute Gasteiger partial charge is 0.0489 e. The molecule has 0 radical (unpaired) electrons. The van der Waals surface area contributed by atoms with E-state index in [0.717, 1.165) is 25.9 Å². The molecule has 0 amide bonds. The van der Waals surface area contributed by atoms with Crippen molar-refractivity contribution in [3.8, 4) is 0 Å². The van der Waals surface area contributed by atoms with Gasteiger partial charge < -0.3 is 10.3 Å². The van der Waals surface area contributed by atoms with Crippen molar-refractivity contribution in [1.82, 2.24) is 10.3 Å². The molecule has 3 rings (SSSR count). The van der Waals surface area contributed by atoms with E-state index in [9.17, 15) is 0 Å². The minimum Gasteiger partial charge on any atom is -0.361 e. The zero-order valence-electron chi connectivity index (χ0n) is 8.14. The van der Waals surface area contributed by atoms with Gasteiger partial charge in [0.25, 0.3) is 0 Å². The molecule has 0 saturated carbocycles. The Balaban J connectivity index is 2.26. The summed E-state index contributed by atoms with van der Waals surface area (Å²) in [6.45, 7) is 2.21. The molecule has 0 bridgehead atoms. The Labute approximate surface area is 83.3 Å². The molecule has 14 heavy (non-hydrogen) atoms. The van der Waals surface area contributed by atoms with Crippen molar-refractivity contribution in [2.75, 3.05) is 13.1 Å². The van der Waals surface area contributed by atoms with E-state index in [-0.39, 0.29) is 0 Å². The van der Waals surface area contributed by atoms with E-state index in [1.54, 1.807) is 0 Å². The van der Waals surface area contributed by atoms with Gasteiger partial charge in [-0.15, -0.1) is 0 Å². The second kappa shape index (κ2) is 3.14. The third-order valence-corrected chi connectivity index (χ3v) is 3.06. The van der Waals surface area contributed by atoms with Crippen LogP contribution in [0.15, 0.2) is 24.4 Å². The molecule has 0 unspecified atom stereocenters. The summed E-state index contributed by atoms with van der Waals surface area (Å²) in [6.07, 6.45) is 4.33. The number of aromatic amines is 1. The van der Waals surface area contributed by atoms with Gasteiger partial charge >= 0.3 is 0 Å². The van der Waals surface area contributed by atoms with Crippen LogP contribution in [-0.4, -0.2) is 18.1 Å². The van der Waals surface area contributed by atoms with Crippen molar-refractivity contribution in [3.63, 3.8) is 0 Å². The molecule has 1 aliphatic rings. The highest BCUT2D eigenvalue weighted by Crippen LogP contribution is 2.23. The number of hydrogen-bond donors (Lipinski definition) is 2. The minimum atomic E-state index is 1.10. The van der Waals surface area contributed by atoms with Crippen LogP contribution in [0.1, 0.15) is 11.1 Å². The first kappa shape index (κ1) is 8.06. The molecule has 1 aromatic carbocycles. The molecule has 0 saturated heterocycles. The third kappa shape index (κ3) is 1.15. The number of rotatable bonds is 0. The van der Waals surface area contributed by atoms with E-state index in [1.165, 1.54) is 22.0 Å². The summed E-state index contributed by atoms with van der Waals surface area (Å²) in [4.78, 5) is 3.35. The fraction of sp³-hybridized carbons (Fsp3) is 0.333. The van der Waals surface area contributed by atoms with Crippen molar-refractivity contribution >= 4 is 10.9 Å². The number of H-pyrrole nitrogens is 1. The molecular weight excluding hydrogens is 172 g/mol. The summed E-state index contributed by atoms with van der Waals surface area (Å²) in [5.41, 5.74) is 4.36. The average molecular weight is 186 g/mol. The Kier molecular flexibility index (Phi) is 1.81. The van der Waals surface area contributed by atoms with Crippen LogP contribution in [-0.2, 0) is 12.8 Å². The van der Waals surface area contributed by atoms with Crippen molar-refractivity contribution < 1.29 is 0 Å². The molecule has 2 heteroatoms. The van der Waals surface area contributed by atoms with Crippen LogP contribution in [0.2, 0.25) is 0 Å². The SMILES string of the molecule is c1cc2ccc3c(c2[nH]1)CCNCC3. The lowest BCUT2D eigenvalue weighted by molar-refractivity contribution is 0.711. The fourth-order valence-electron chi connectivity index (χ4n) is 2.31. The quantitative estimate of drug-likeness (QED) is 0.645. The van der Waals surface area contributed by atoms with Crippen molar-refractivity contribution in [2.45, 2.75) is 12.8 Å². The van der Waals surface area contributed by atoms with Crippen LogP contribution in [0.5, 0.6) is 0 Å². The van der Waals surface area contributed by atoms with Gasteiger partial charge in [0.1, 0.15) is 0 Å². The lowest BCUT2D eigenvalue weighted by atomic mass is 10.0. The highest BCUT2D eigenvalue weighted by molar-refractivity contribution is 5.83. The maximum absolute atomic E-state index is 3.44. The third-order valence-electron chi connectivity index (χ3n) is 3.06. The van der Waals surface area contributed by atoms with E-state index in [1.807, 2.05) is 6.20 Å². The first-order valence-corrected chi connectivity index (χ1v) is 5.24. The fourth-order valence-corrected chi connectivity index (χ4v) is 2.31. The predicted molar refractivity (Wildman–Crippen MR) is 58.6 cm³/mol. The van der Waals surface area contributed by atoms with Crippen LogP contribution in [0.4, 0.5) is 0 Å². The maximum Gasteiger partial charge on any atom is 0.0489 e. The first-order chi connectivity index (χ1) is 6.95. The monoisotopic (exact) mass is 186 g/mol. The molecule has 0 aliphatic carbocycles. The summed E-state index contributed by atoms with van der Waals surface area (Å²) < 4.78 is 0. The standard InChI is InChI=1S/C12H14N2/c1-2-10-4-8-14-12(10)11-5-7-13-6-3-9(1)11/h1-2,4,8,13-14H,3,5-7H2. The molecule has 2 N–H and O–H groups in total. The van der Waals surface area contributed by atoms with E-state index in [4.69, 9.17) is 0 Å². The van der Waals surface area contributed by atoms with Gasteiger partial charge in [0.05, 0.1) is 0 Å². The summed E-state index contributed by atoms with van der Waals surface area (Å²) in [7, 11) is 0. The number of hydrogen-bond acceptors (Lipinski definition) is 1. The Hall–Kier alpha value is -1.28. The second-order valence-corrected chi connectivity index (χ2v) is 3.90. The topological polar surface area (TPSA) is 27.8 Å². The lowest BCUT2D eigenvalue weighted by Crippen LogP contribution is -2.16. The summed E-state index contributed by atoms with van der Waals surface area (Å²) >= 11 is 0. The van der Waals surface area contributed by atoms with Crippen molar-refractivity contribution in [1.29, 1.82) is 0 Å². The zero-order valence-corrected chi connectivity index (χ0v) is 8.14. The lowest BCUT2D eigenvalue weighted by Gasteiger charge is -2.05. The molecule has 2 heterocycles. The van der Waals surface area contributed by atoms with Crippen LogP contribution in [0.3, 0.4) is 0 Å². The number of aromatic nitrogens is 1. The van der Waals surface area contributed by atoms with E-state index < -0.39 is 0 Å². The van der Waals surface area contributed by atoms with Crippen LogP contribution in [0, 0.1) is 0 Å². The predicted octanol–water partition coefficient (Wildman–Crippen LogP) is 1.86. The molecule has 0 fully saturated rings. The normalized spacial score (nSPS) is 16.6. The molecule has 2 aromatic rings. The van der Waals surface area contributed by atoms with Gasteiger partial charge in [-0.25, -0.2) is 0 Å². The Morgan fingerprint density at radius 3 is 2.93 bits per heavy atom. The van der Waals surface area contributed by atoms with Gasteiger partial charge in [-0.3, -0.25) is 0 Å². The highest BCUT2D eigenvalue weighted by Gasteiger charge is 2.10. The molecule has 0 atom stereocenters. The minimum absolute atomic E-state index is 1.10. The van der Waals surface area contributed by atoms with Gasteiger partial charge in [0.15, 0.2) is 0 Å². The Morgan fingerprint density at radius 2 is 1.93 bits per heavy atom. The molecule has 2 nitrogen and oxygen atoms in total. The van der Waals surface area contributed by atoms with Crippen molar-refractivity contribution in [2.24, 2.45) is 0 Å². The maximum atomic E-state index is 3.44. The number of benzene rings is 1. The van der Waals surface area contributed by atoms with Gasteiger partial charge in [0.2, 0.25) is 0 Å². The average Bonchev–Trinajstić information content (AvgIpc) is 2.55. The number of nitrogens with one attached hydrogen (secondary N) is 2. The second-order valence-electron chi connectivity index (χ2n) is 3.90. The van der Waals surface area contributed by atoms with Gasteiger partial charge in [0, 0.05) is 11.7 Å². The summed E-state index contributed by atoms with van der Waals surface area (Å²) in [5, 5.41) is 4.78. The highest BCUT2D eigenvalue weighted by atomic mass is 14.8. The summed E-state index contributed by atoms with van der Waals surface area (Å²) in [5.74, 6) is 0. The molecule has 1 aromatic heterocycles. The van der Waals surface area contributed by atoms with E-state index in [2.05, 4.69) is 28.5 Å². The Bertz CT molecular complexity index is 456.